The zero-order valence-electron chi connectivity index (χ0n) is 12.4. The van der Waals surface area contributed by atoms with Crippen LogP contribution in [0.4, 0.5) is 0 Å². The van der Waals surface area contributed by atoms with Crippen molar-refractivity contribution in [3.63, 3.8) is 0 Å². The Balaban J connectivity index is 1.95. The molecule has 0 aliphatic carbocycles. The summed E-state index contributed by atoms with van der Waals surface area (Å²) in [5, 5.41) is 9.07. The number of benzene rings is 2. The van der Waals surface area contributed by atoms with Crippen LogP contribution in [0.2, 0.25) is 0 Å². The van der Waals surface area contributed by atoms with Crippen molar-refractivity contribution >= 4 is 46.3 Å². The highest BCUT2D eigenvalue weighted by atomic mass is 127. The molecule has 0 atom stereocenters. The van der Waals surface area contributed by atoms with E-state index in [0.717, 1.165) is 33.6 Å². The van der Waals surface area contributed by atoms with Gasteiger partial charge in [-0.3, -0.25) is 0 Å². The molecule has 0 unspecified atom stereocenters. The fourth-order valence-electron chi connectivity index (χ4n) is 2.52. The number of hydrogen-bond donors (Lipinski definition) is 0. The number of nitriles is 1. The summed E-state index contributed by atoms with van der Waals surface area (Å²) in [6, 6.07) is 20.1. The lowest BCUT2D eigenvalue weighted by atomic mass is 10.1. The molecule has 2 aromatic carbocycles. The Morgan fingerprint density at radius 3 is 2.75 bits per heavy atom. The minimum absolute atomic E-state index is 0.630. The van der Waals surface area contributed by atoms with E-state index in [1.807, 2.05) is 48.7 Å². The molecular weight excluding hydrogens is 499 g/mol. The van der Waals surface area contributed by atoms with Gasteiger partial charge in [0.1, 0.15) is 21.0 Å². The highest BCUT2D eigenvalue weighted by molar-refractivity contribution is 14.2. The molecule has 0 saturated carbocycles. The smallest absolute Gasteiger partial charge is 0.142 e. The number of para-hydroxylation sites is 1. The molecule has 3 rings (SSSR count). The molecule has 3 nitrogen and oxygen atoms in total. The van der Waals surface area contributed by atoms with Gasteiger partial charge in [-0.25, -0.2) is 0 Å². The van der Waals surface area contributed by atoms with Crippen molar-refractivity contribution in [2.45, 2.75) is 6.42 Å². The summed E-state index contributed by atoms with van der Waals surface area (Å²) in [5.41, 5.74) is 3.93. The van der Waals surface area contributed by atoms with E-state index in [1.165, 1.54) is 9.21 Å². The molecule has 3 aromatic rings. The third-order valence-corrected chi connectivity index (χ3v) is 5.09. The Bertz CT molecular complexity index is 904. The van der Waals surface area contributed by atoms with Gasteiger partial charge in [-0.15, -0.1) is 0 Å². The first-order chi connectivity index (χ1) is 11.7. The van der Waals surface area contributed by atoms with Crippen molar-refractivity contribution in [3.05, 3.63) is 82.1 Å². The van der Waals surface area contributed by atoms with Crippen LogP contribution in [0.5, 0.6) is 5.75 Å². The Kier molecular flexibility index (Phi) is 5.87. The van der Waals surface area contributed by atoms with Gasteiger partial charge in [-0.2, -0.15) is 5.26 Å². The summed E-state index contributed by atoms with van der Waals surface area (Å²) in [6.07, 6.45) is 2.79. The average Bonchev–Trinajstić information content (AvgIpc) is 3.05. The molecule has 6 heteroatoms. The van der Waals surface area contributed by atoms with Crippen LogP contribution in [0.25, 0.3) is 5.69 Å². The summed E-state index contributed by atoms with van der Waals surface area (Å²) < 4.78 is 8.55. The first kappa shape index (κ1) is 17.4. The van der Waals surface area contributed by atoms with Gasteiger partial charge in [0, 0.05) is 55.2 Å². The van der Waals surface area contributed by atoms with Crippen molar-refractivity contribution in [3.8, 4) is 17.5 Å². The number of hydrogen-bond acceptors (Lipinski definition) is 3. The molecule has 0 N–H and O–H groups in total. The second-order valence-corrected chi connectivity index (χ2v) is 7.30. The van der Waals surface area contributed by atoms with Crippen LogP contribution < -0.4 is 4.18 Å². The summed E-state index contributed by atoms with van der Waals surface area (Å²) >= 11 is 5.58. The second-order valence-electron chi connectivity index (χ2n) is 5.08. The van der Waals surface area contributed by atoms with E-state index in [4.69, 9.17) is 9.44 Å². The van der Waals surface area contributed by atoms with E-state index >= 15 is 0 Å². The molecule has 0 spiro atoms. The van der Waals surface area contributed by atoms with Gasteiger partial charge in [0.25, 0.3) is 0 Å². The van der Waals surface area contributed by atoms with Gasteiger partial charge < -0.3 is 8.75 Å². The molecule has 24 heavy (non-hydrogen) atoms. The van der Waals surface area contributed by atoms with E-state index in [0.29, 0.717) is 5.56 Å². The van der Waals surface area contributed by atoms with Crippen LogP contribution in [-0.4, -0.2) is 4.57 Å². The Morgan fingerprint density at radius 1 is 1.17 bits per heavy atom. The van der Waals surface area contributed by atoms with E-state index in [-0.39, 0.29) is 0 Å². The van der Waals surface area contributed by atoms with Crippen LogP contribution in [-0.2, 0) is 6.42 Å². The molecule has 1 aromatic heterocycles. The number of rotatable bonds is 5. The van der Waals surface area contributed by atoms with Crippen molar-refractivity contribution in [1.29, 1.82) is 5.26 Å². The predicted molar refractivity (Wildman–Crippen MR) is 110 cm³/mol. The van der Waals surface area contributed by atoms with Gasteiger partial charge in [0.2, 0.25) is 0 Å². The Morgan fingerprint density at radius 2 is 2.00 bits per heavy atom. The lowest BCUT2D eigenvalue weighted by Crippen LogP contribution is -2.01. The maximum atomic E-state index is 9.07. The fourth-order valence-corrected chi connectivity index (χ4v) is 3.78. The number of nitrogens with zero attached hydrogens (tertiary/aromatic N) is 2. The maximum absolute atomic E-state index is 9.07. The minimum Gasteiger partial charge on any atom is -0.415 e. The largest absolute Gasteiger partial charge is 0.415 e. The van der Waals surface area contributed by atoms with E-state index < -0.39 is 0 Å². The normalized spacial score (nSPS) is 10.4. The third kappa shape index (κ3) is 3.79. The van der Waals surface area contributed by atoms with Crippen molar-refractivity contribution in [2.75, 3.05) is 0 Å². The van der Waals surface area contributed by atoms with Crippen molar-refractivity contribution < 1.29 is 4.18 Å². The first-order valence-corrected chi connectivity index (χ1v) is 11.2. The standard InChI is InChI=1S/C18H12BrIN2OS/c19-17-11-16(8-7-14(17)12-21)22-9-3-5-15(22)10-13-4-1-2-6-18(13)23-24-20/h1-9,11H,10H2. The van der Waals surface area contributed by atoms with E-state index in [9.17, 15) is 0 Å². The predicted octanol–water partition coefficient (Wildman–Crippen LogP) is 6.08. The maximum Gasteiger partial charge on any atom is 0.142 e. The molecular formula is C18H12BrIN2OS. The summed E-state index contributed by atoms with van der Waals surface area (Å²) in [6.45, 7) is 0. The number of halogens is 2. The molecule has 0 saturated heterocycles. The SMILES string of the molecule is N#Cc1ccc(-n2cccc2Cc2ccccc2OSI)cc1Br. The molecule has 120 valence electrons. The average molecular weight is 511 g/mol. The Hall–Kier alpha value is -1.43. The van der Waals surface area contributed by atoms with Gasteiger partial charge >= 0.3 is 0 Å². The zero-order valence-corrected chi connectivity index (χ0v) is 17.0. The lowest BCUT2D eigenvalue weighted by Gasteiger charge is -2.12. The van der Waals surface area contributed by atoms with Crippen molar-refractivity contribution in [2.24, 2.45) is 0 Å². The van der Waals surface area contributed by atoms with Crippen LogP contribution in [0.3, 0.4) is 0 Å². The zero-order chi connectivity index (χ0) is 16.9. The topological polar surface area (TPSA) is 38.0 Å². The van der Waals surface area contributed by atoms with Gasteiger partial charge in [0.15, 0.2) is 0 Å². The number of aromatic nitrogens is 1. The fraction of sp³-hybridized carbons (Fsp3) is 0.0556. The lowest BCUT2D eigenvalue weighted by molar-refractivity contribution is 0.646. The summed E-state index contributed by atoms with van der Waals surface area (Å²) in [4.78, 5) is 0. The molecule has 0 aliphatic heterocycles. The first-order valence-electron chi connectivity index (χ1n) is 7.12. The monoisotopic (exact) mass is 510 g/mol. The van der Waals surface area contributed by atoms with Crippen LogP contribution >= 0.6 is 46.3 Å². The minimum atomic E-state index is 0.630. The van der Waals surface area contributed by atoms with Gasteiger partial charge in [0.05, 0.1) is 5.56 Å². The van der Waals surface area contributed by atoms with Crippen LogP contribution in [0, 0.1) is 11.3 Å². The van der Waals surface area contributed by atoms with E-state index in [2.05, 4.69) is 59.9 Å². The van der Waals surface area contributed by atoms with Gasteiger partial charge in [-0.05, 0) is 52.3 Å². The van der Waals surface area contributed by atoms with Crippen LogP contribution in [0.1, 0.15) is 16.8 Å². The Labute approximate surface area is 165 Å². The molecule has 1 heterocycles. The molecule has 0 fully saturated rings. The highest BCUT2D eigenvalue weighted by Crippen LogP contribution is 2.28. The summed E-state index contributed by atoms with van der Waals surface area (Å²) in [5.74, 6) is 0.880. The molecule has 0 radical (unpaired) electrons. The molecule has 0 aliphatic rings. The highest BCUT2D eigenvalue weighted by Gasteiger charge is 2.10. The molecule has 0 amide bonds. The third-order valence-electron chi connectivity index (χ3n) is 3.65. The quantitative estimate of drug-likeness (QED) is 0.308. The van der Waals surface area contributed by atoms with Crippen molar-refractivity contribution in [1.82, 2.24) is 4.57 Å². The molecule has 0 bridgehead atoms. The van der Waals surface area contributed by atoms with Crippen LogP contribution in [0.15, 0.2) is 65.3 Å². The summed E-state index contributed by atoms with van der Waals surface area (Å²) in [7, 11) is 1.31. The second kappa shape index (κ2) is 8.10. The van der Waals surface area contributed by atoms with E-state index in [1.54, 1.807) is 0 Å². The van der Waals surface area contributed by atoms with Gasteiger partial charge in [-0.1, -0.05) is 18.2 Å².